The predicted molar refractivity (Wildman–Crippen MR) is 94.4 cm³/mol. The number of carbonyl (C=O) groups is 1. The van der Waals surface area contributed by atoms with Crippen LogP contribution in [0, 0.1) is 0 Å². The minimum absolute atomic E-state index is 0.0224. The molecule has 0 aliphatic carbocycles. The Hall–Kier alpha value is -2.23. The van der Waals surface area contributed by atoms with E-state index in [9.17, 15) is 14.8 Å². The number of hydrogen-bond acceptors (Lipinski definition) is 6. The van der Waals surface area contributed by atoms with Crippen LogP contribution in [0.4, 0.5) is 0 Å². The molecule has 0 radical (unpaired) electrons. The summed E-state index contributed by atoms with van der Waals surface area (Å²) >= 11 is 0. The van der Waals surface area contributed by atoms with E-state index in [0.29, 0.717) is 37.5 Å². The fourth-order valence-corrected chi connectivity index (χ4v) is 2.49. The summed E-state index contributed by atoms with van der Waals surface area (Å²) in [5.74, 6) is -0.0230. The number of rotatable bonds is 10. The van der Waals surface area contributed by atoms with Crippen LogP contribution < -0.4 is 11.1 Å². The summed E-state index contributed by atoms with van der Waals surface area (Å²) in [7, 11) is -1.61. The van der Waals surface area contributed by atoms with Crippen LogP contribution in [0.25, 0.3) is 0 Å². The summed E-state index contributed by atoms with van der Waals surface area (Å²) in [5, 5.41) is 28.2. The molecule has 0 fully saturated rings. The molecule has 134 valence electrons. The average Bonchev–Trinajstić information content (AvgIpc) is 3.01. The molecule has 1 aromatic heterocycles. The lowest BCUT2D eigenvalue weighted by atomic mass is 9.76. The van der Waals surface area contributed by atoms with Crippen molar-refractivity contribution >= 4 is 13.0 Å². The zero-order chi connectivity index (χ0) is 18.1. The van der Waals surface area contributed by atoms with Crippen molar-refractivity contribution in [2.45, 2.75) is 38.0 Å². The lowest BCUT2D eigenvalue weighted by Crippen LogP contribution is -2.47. The first-order chi connectivity index (χ1) is 12.1. The summed E-state index contributed by atoms with van der Waals surface area (Å²) in [4.78, 5) is 16.4. The first kappa shape index (κ1) is 19.1. The molecule has 0 spiro atoms. The molecule has 0 aliphatic heterocycles. The molecule has 0 bridgehead atoms. The van der Waals surface area contributed by atoms with Gasteiger partial charge in [-0.25, -0.2) is 4.98 Å². The van der Waals surface area contributed by atoms with Gasteiger partial charge in [-0.05, 0) is 24.9 Å². The Morgan fingerprint density at radius 3 is 2.72 bits per heavy atom. The van der Waals surface area contributed by atoms with Crippen molar-refractivity contribution in [2.24, 2.45) is 5.73 Å². The number of nitrogens with one attached hydrogen (secondary N) is 2. The van der Waals surface area contributed by atoms with Gasteiger partial charge in [0.2, 0.25) is 5.91 Å². The second-order valence-electron chi connectivity index (χ2n) is 5.91. The number of amides is 1. The Morgan fingerprint density at radius 1 is 1.28 bits per heavy atom. The van der Waals surface area contributed by atoms with Gasteiger partial charge >= 0.3 is 7.12 Å². The van der Waals surface area contributed by atoms with E-state index in [1.807, 2.05) is 30.3 Å². The Bertz CT molecular complexity index is 650. The molecule has 1 aromatic carbocycles. The second kappa shape index (κ2) is 9.92. The summed E-state index contributed by atoms with van der Waals surface area (Å²) < 4.78 is 0. The Kier molecular flexibility index (Phi) is 7.58. The zero-order valence-corrected chi connectivity index (χ0v) is 14.1. The van der Waals surface area contributed by atoms with Gasteiger partial charge in [0, 0.05) is 6.42 Å². The summed E-state index contributed by atoms with van der Waals surface area (Å²) in [6, 6.07) is 9.82. The van der Waals surface area contributed by atoms with Gasteiger partial charge in [0.1, 0.15) is 5.82 Å². The molecule has 1 amide bonds. The van der Waals surface area contributed by atoms with Gasteiger partial charge in [-0.15, -0.1) is 0 Å². The molecular weight excluding hydrogens is 321 g/mol. The van der Waals surface area contributed by atoms with Crippen molar-refractivity contribution in [3.05, 3.63) is 47.5 Å². The van der Waals surface area contributed by atoms with E-state index in [-0.39, 0.29) is 12.3 Å². The molecular formula is C16H24BN5O3. The average molecular weight is 345 g/mol. The molecule has 0 aliphatic rings. The molecule has 8 nitrogen and oxygen atoms in total. The molecule has 0 saturated heterocycles. The summed E-state index contributed by atoms with van der Waals surface area (Å²) in [6.45, 7) is 0.531. The highest BCUT2D eigenvalue weighted by atomic mass is 16.4. The second-order valence-corrected chi connectivity index (χ2v) is 5.91. The molecule has 0 saturated carbocycles. The van der Waals surface area contributed by atoms with E-state index >= 15 is 0 Å². The number of unbranched alkanes of at least 4 members (excludes halogenated alkanes) is 1. The van der Waals surface area contributed by atoms with Gasteiger partial charge in [-0.2, -0.15) is 5.10 Å². The van der Waals surface area contributed by atoms with Crippen LogP contribution in [0.15, 0.2) is 30.3 Å². The number of hydrogen-bond donors (Lipinski definition) is 5. The number of aromatic amines is 1. The fraction of sp³-hybridized carbons (Fsp3) is 0.438. The van der Waals surface area contributed by atoms with E-state index in [1.165, 1.54) is 0 Å². The van der Waals surface area contributed by atoms with Gasteiger partial charge in [0.15, 0.2) is 5.82 Å². The zero-order valence-electron chi connectivity index (χ0n) is 14.1. The fourth-order valence-electron chi connectivity index (χ4n) is 2.49. The molecule has 2 rings (SSSR count). The van der Waals surface area contributed by atoms with Crippen LogP contribution in [-0.4, -0.2) is 50.7 Å². The maximum absolute atomic E-state index is 12.1. The normalized spacial score (nSPS) is 12.0. The largest absolute Gasteiger partial charge is 0.475 e. The maximum atomic E-state index is 12.1. The summed E-state index contributed by atoms with van der Waals surface area (Å²) in [6.07, 6.45) is 2.51. The van der Waals surface area contributed by atoms with Crippen LogP contribution in [0.1, 0.15) is 36.5 Å². The van der Waals surface area contributed by atoms with Crippen LogP contribution in [-0.2, 0) is 17.6 Å². The lowest BCUT2D eigenvalue weighted by molar-refractivity contribution is -0.121. The van der Waals surface area contributed by atoms with E-state index in [2.05, 4.69) is 20.5 Å². The van der Waals surface area contributed by atoms with Gasteiger partial charge in [-0.3, -0.25) is 9.89 Å². The molecule has 2 aromatic rings. The first-order valence-electron chi connectivity index (χ1n) is 8.38. The van der Waals surface area contributed by atoms with Gasteiger partial charge < -0.3 is 21.1 Å². The van der Waals surface area contributed by atoms with E-state index in [1.54, 1.807) is 0 Å². The van der Waals surface area contributed by atoms with Crippen LogP contribution >= 0.6 is 0 Å². The van der Waals surface area contributed by atoms with Crippen molar-refractivity contribution < 1.29 is 14.8 Å². The number of carbonyl (C=O) groups excluding carboxylic acids is 1. The molecule has 1 heterocycles. The SMILES string of the molecule is NCCCC[C@H](NC(=O)Cc1n[nH]c(Cc2ccccc2)n1)B(O)O. The molecule has 9 heteroatoms. The van der Waals surface area contributed by atoms with Crippen LogP contribution in [0.2, 0.25) is 0 Å². The monoisotopic (exact) mass is 345 g/mol. The topological polar surface area (TPSA) is 137 Å². The van der Waals surface area contributed by atoms with Gasteiger partial charge in [0.05, 0.1) is 12.4 Å². The van der Waals surface area contributed by atoms with Crippen molar-refractivity contribution in [2.75, 3.05) is 6.54 Å². The van der Waals surface area contributed by atoms with Crippen LogP contribution in [0.5, 0.6) is 0 Å². The van der Waals surface area contributed by atoms with Crippen molar-refractivity contribution in [1.82, 2.24) is 20.5 Å². The number of nitrogens with two attached hydrogens (primary N) is 1. The number of H-pyrrole nitrogens is 1. The van der Waals surface area contributed by atoms with E-state index in [0.717, 1.165) is 12.0 Å². The quantitative estimate of drug-likeness (QED) is 0.293. The standard InChI is InChI=1S/C16H24BN5O3/c18-9-5-4-8-13(17(24)25)19-16(23)11-15-20-14(21-22-15)10-12-6-2-1-3-7-12/h1-3,6-7,13,24-25H,4-5,8-11,18H2,(H,19,23)(H,20,21,22)/t13-/m0/s1. The van der Waals surface area contributed by atoms with Crippen molar-refractivity contribution in [1.29, 1.82) is 0 Å². The predicted octanol–water partition coefficient (Wildman–Crippen LogP) is -0.436. The van der Waals surface area contributed by atoms with Gasteiger partial charge in [0.25, 0.3) is 0 Å². The first-order valence-corrected chi connectivity index (χ1v) is 8.38. The number of aromatic nitrogens is 3. The van der Waals surface area contributed by atoms with Crippen molar-refractivity contribution in [3.8, 4) is 0 Å². The Labute approximate surface area is 147 Å². The molecule has 25 heavy (non-hydrogen) atoms. The lowest BCUT2D eigenvalue weighted by Gasteiger charge is -2.17. The molecule has 0 unspecified atom stereocenters. The van der Waals surface area contributed by atoms with E-state index < -0.39 is 13.1 Å². The highest BCUT2D eigenvalue weighted by Gasteiger charge is 2.25. The smallest absolute Gasteiger partial charge is 0.426 e. The van der Waals surface area contributed by atoms with E-state index in [4.69, 9.17) is 5.73 Å². The summed E-state index contributed by atoms with van der Waals surface area (Å²) in [5.41, 5.74) is 6.51. The number of nitrogens with zero attached hydrogens (tertiary/aromatic N) is 2. The highest BCUT2D eigenvalue weighted by molar-refractivity contribution is 6.43. The third-order valence-corrected chi connectivity index (χ3v) is 3.79. The minimum Gasteiger partial charge on any atom is -0.426 e. The Morgan fingerprint density at radius 2 is 2.04 bits per heavy atom. The van der Waals surface area contributed by atoms with Crippen molar-refractivity contribution in [3.63, 3.8) is 0 Å². The molecule has 6 N–H and O–H groups in total. The molecule has 1 atom stereocenters. The van der Waals surface area contributed by atoms with Crippen LogP contribution in [0.3, 0.4) is 0 Å². The third-order valence-electron chi connectivity index (χ3n) is 3.79. The minimum atomic E-state index is -1.61. The number of benzene rings is 1. The van der Waals surface area contributed by atoms with Gasteiger partial charge in [-0.1, -0.05) is 36.8 Å². The highest BCUT2D eigenvalue weighted by Crippen LogP contribution is 2.06. The maximum Gasteiger partial charge on any atom is 0.475 e. The Balaban J connectivity index is 1.85. The third kappa shape index (κ3) is 6.65.